The summed E-state index contributed by atoms with van der Waals surface area (Å²) < 4.78 is 0. The summed E-state index contributed by atoms with van der Waals surface area (Å²) in [6, 6.07) is 21.9. The number of rotatable bonds is 2. The van der Waals surface area contributed by atoms with Crippen molar-refractivity contribution < 1.29 is 0 Å². The molecule has 0 aliphatic heterocycles. The Kier molecular flexibility index (Phi) is 3.26. The van der Waals surface area contributed by atoms with E-state index < -0.39 is 0 Å². The molecule has 20 heavy (non-hydrogen) atoms. The Balaban J connectivity index is 2.07. The van der Waals surface area contributed by atoms with E-state index in [0.29, 0.717) is 11.3 Å². The molecule has 0 spiro atoms. The maximum atomic E-state index is 9.25. The largest absolute Gasteiger partial charge is 0.247 e. The van der Waals surface area contributed by atoms with Gasteiger partial charge in [0.05, 0.1) is 16.8 Å². The molecule has 0 saturated heterocycles. The zero-order chi connectivity index (χ0) is 13.8. The van der Waals surface area contributed by atoms with E-state index in [4.69, 9.17) is 0 Å². The zero-order valence-electron chi connectivity index (χ0n) is 10.8. The first-order valence-corrected chi connectivity index (χ1v) is 6.40. The van der Waals surface area contributed by atoms with Crippen molar-refractivity contribution in [3.8, 4) is 6.07 Å². The number of aromatic nitrogens is 1. The molecular formula is C18H12N2. The van der Waals surface area contributed by atoms with E-state index in [0.717, 1.165) is 16.5 Å². The van der Waals surface area contributed by atoms with Crippen molar-refractivity contribution in [3.63, 3.8) is 0 Å². The molecule has 0 unspecified atom stereocenters. The number of benzene rings is 2. The first kappa shape index (κ1) is 12.1. The smallest absolute Gasteiger partial charge is 0.101 e. The van der Waals surface area contributed by atoms with E-state index in [1.807, 2.05) is 72.8 Å². The minimum absolute atomic E-state index is 0.593. The van der Waals surface area contributed by atoms with Gasteiger partial charge in [-0.3, -0.25) is 0 Å². The lowest BCUT2D eigenvalue weighted by Crippen LogP contribution is -1.89. The van der Waals surface area contributed by atoms with E-state index >= 15 is 0 Å². The van der Waals surface area contributed by atoms with Gasteiger partial charge in [-0.25, -0.2) is 4.98 Å². The summed E-state index contributed by atoms with van der Waals surface area (Å²) in [6.07, 6.45) is 3.86. The van der Waals surface area contributed by atoms with Gasteiger partial charge in [0.1, 0.15) is 6.07 Å². The maximum Gasteiger partial charge on any atom is 0.101 e. The lowest BCUT2D eigenvalue weighted by atomic mass is 10.1. The second-order valence-electron chi connectivity index (χ2n) is 4.47. The first-order chi connectivity index (χ1) is 9.86. The van der Waals surface area contributed by atoms with Gasteiger partial charge < -0.3 is 0 Å². The molecule has 0 aliphatic carbocycles. The van der Waals surface area contributed by atoms with Gasteiger partial charge in [0.15, 0.2) is 0 Å². The minimum atomic E-state index is 0.593. The van der Waals surface area contributed by atoms with Crippen LogP contribution in [0.15, 0.2) is 60.7 Å². The van der Waals surface area contributed by atoms with Crippen molar-refractivity contribution in [2.45, 2.75) is 0 Å². The molecule has 2 heteroatoms. The number of hydrogen-bond donors (Lipinski definition) is 0. The standard InChI is InChI=1S/C18H12N2/c19-13-16-12-15-8-4-5-9-17(15)20-18(16)11-10-14-6-2-1-3-7-14/h1-12H/b11-10+. The monoisotopic (exact) mass is 256 g/mol. The van der Waals surface area contributed by atoms with Crippen LogP contribution in [0.4, 0.5) is 0 Å². The Labute approximate surface area is 117 Å². The number of fused-ring (bicyclic) bond motifs is 1. The van der Waals surface area contributed by atoms with Crippen LogP contribution >= 0.6 is 0 Å². The van der Waals surface area contributed by atoms with Crippen LogP contribution < -0.4 is 0 Å². The molecule has 0 N–H and O–H groups in total. The van der Waals surface area contributed by atoms with Gasteiger partial charge in [0, 0.05) is 5.39 Å². The normalized spacial score (nSPS) is 10.8. The van der Waals surface area contributed by atoms with Crippen LogP contribution in [0, 0.1) is 11.3 Å². The highest BCUT2D eigenvalue weighted by Gasteiger charge is 2.03. The van der Waals surface area contributed by atoms with Crippen LogP contribution in [-0.2, 0) is 0 Å². The Hall–Kier alpha value is -2.92. The fraction of sp³-hybridized carbons (Fsp3) is 0. The lowest BCUT2D eigenvalue weighted by molar-refractivity contribution is 1.34. The molecule has 2 nitrogen and oxygen atoms in total. The molecule has 3 aromatic rings. The Bertz CT molecular complexity index is 812. The van der Waals surface area contributed by atoms with E-state index in [1.54, 1.807) is 0 Å². The first-order valence-electron chi connectivity index (χ1n) is 6.40. The van der Waals surface area contributed by atoms with E-state index in [2.05, 4.69) is 11.1 Å². The number of hydrogen-bond acceptors (Lipinski definition) is 2. The van der Waals surface area contributed by atoms with Crippen LogP contribution in [0.2, 0.25) is 0 Å². The molecule has 0 amide bonds. The lowest BCUT2D eigenvalue weighted by Gasteiger charge is -2.01. The molecule has 1 heterocycles. The number of nitriles is 1. The average molecular weight is 256 g/mol. The SMILES string of the molecule is N#Cc1cc2ccccc2nc1/C=C/c1ccccc1. The molecule has 0 radical (unpaired) electrons. The van der Waals surface area contributed by atoms with Crippen molar-refractivity contribution in [1.82, 2.24) is 4.98 Å². The van der Waals surface area contributed by atoms with Crippen LogP contribution in [-0.4, -0.2) is 4.98 Å². The predicted molar refractivity (Wildman–Crippen MR) is 81.8 cm³/mol. The molecule has 2 aromatic carbocycles. The van der Waals surface area contributed by atoms with Gasteiger partial charge >= 0.3 is 0 Å². The second-order valence-corrected chi connectivity index (χ2v) is 4.47. The van der Waals surface area contributed by atoms with E-state index in [1.165, 1.54) is 0 Å². The van der Waals surface area contributed by atoms with Crippen LogP contribution in [0.1, 0.15) is 16.8 Å². The van der Waals surface area contributed by atoms with Crippen molar-refractivity contribution >= 4 is 23.1 Å². The third-order valence-corrected chi connectivity index (χ3v) is 3.11. The van der Waals surface area contributed by atoms with E-state index in [-0.39, 0.29) is 0 Å². The fourth-order valence-corrected chi connectivity index (χ4v) is 2.09. The summed E-state index contributed by atoms with van der Waals surface area (Å²) in [7, 11) is 0. The molecule has 0 saturated carbocycles. The number of para-hydroxylation sites is 1. The van der Waals surface area contributed by atoms with Crippen molar-refractivity contribution in [2.24, 2.45) is 0 Å². The van der Waals surface area contributed by atoms with Crippen molar-refractivity contribution in [2.75, 3.05) is 0 Å². The van der Waals surface area contributed by atoms with Gasteiger partial charge in [-0.2, -0.15) is 5.26 Å². The van der Waals surface area contributed by atoms with Crippen LogP contribution in [0.25, 0.3) is 23.1 Å². The van der Waals surface area contributed by atoms with Crippen molar-refractivity contribution in [3.05, 3.63) is 77.5 Å². The molecule has 1 aromatic heterocycles. The van der Waals surface area contributed by atoms with Crippen LogP contribution in [0.3, 0.4) is 0 Å². The molecule has 94 valence electrons. The number of pyridine rings is 1. The summed E-state index contributed by atoms with van der Waals surface area (Å²) in [4.78, 5) is 4.55. The highest BCUT2D eigenvalue weighted by atomic mass is 14.7. The quantitative estimate of drug-likeness (QED) is 0.686. The van der Waals surface area contributed by atoms with Crippen LogP contribution in [0.5, 0.6) is 0 Å². The van der Waals surface area contributed by atoms with Gasteiger partial charge in [0.25, 0.3) is 0 Å². The van der Waals surface area contributed by atoms with Gasteiger partial charge in [0.2, 0.25) is 0 Å². The fourth-order valence-electron chi connectivity index (χ4n) is 2.09. The topological polar surface area (TPSA) is 36.7 Å². The average Bonchev–Trinajstić information content (AvgIpc) is 2.53. The van der Waals surface area contributed by atoms with Gasteiger partial charge in [-0.15, -0.1) is 0 Å². The van der Waals surface area contributed by atoms with Crippen molar-refractivity contribution in [1.29, 1.82) is 5.26 Å². The Morgan fingerprint density at radius 2 is 1.65 bits per heavy atom. The molecule has 0 fully saturated rings. The second kappa shape index (κ2) is 5.38. The van der Waals surface area contributed by atoms with Gasteiger partial charge in [-0.05, 0) is 23.8 Å². The number of nitrogens with zero attached hydrogens (tertiary/aromatic N) is 2. The molecular weight excluding hydrogens is 244 g/mol. The van der Waals surface area contributed by atoms with E-state index in [9.17, 15) is 5.26 Å². The third kappa shape index (κ3) is 2.43. The minimum Gasteiger partial charge on any atom is -0.247 e. The summed E-state index contributed by atoms with van der Waals surface area (Å²) in [5.74, 6) is 0. The Morgan fingerprint density at radius 3 is 2.45 bits per heavy atom. The summed E-state index contributed by atoms with van der Waals surface area (Å²) >= 11 is 0. The molecule has 0 bridgehead atoms. The highest BCUT2D eigenvalue weighted by Crippen LogP contribution is 2.18. The summed E-state index contributed by atoms with van der Waals surface area (Å²) in [5, 5.41) is 10.2. The van der Waals surface area contributed by atoms with Gasteiger partial charge in [-0.1, -0.05) is 54.6 Å². The zero-order valence-corrected chi connectivity index (χ0v) is 10.8. The third-order valence-electron chi connectivity index (χ3n) is 3.11. The summed E-state index contributed by atoms with van der Waals surface area (Å²) in [6.45, 7) is 0. The molecule has 0 atom stereocenters. The Morgan fingerprint density at radius 1 is 0.900 bits per heavy atom. The predicted octanol–water partition coefficient (Wildman–Crippen LogP) is 4.28. The highest BCUT2D eigenvalue weighted by molar-refractivity contribution is 5.83. The molecule has 3 rings (SSSR count). The summed E-state index contributed by atoms with van der Waals surface area (Å²) in [5.41, 5.74) is 3.29. The molecule has 0 aliphatic rings. The maximum absolute atomic E-state index is 9.25.